The second-order valence-corrected chi connectivity index (χ2v) is 8.88. The molecule has 34 heavy (non-hydrogen) atoms. The van der Waals surface area contributed by atoms with Crippen LogP contribution in [0.25, 0.3) is 11.1 Å². The van der Waals surface area contributed by atoms with Crippen molar-refractivity contribution in [2.45, 2.75) is 25.2 Å². The SMILES string of the molecule is COc1ccccc1-c1ccc2n(c1=O)C[C@@H]1[C@@H](CO)[C@H](C(=O)NCc3ccccn3)[C@H]2N1C. The molecular weight excluding hydrogens is 432 g/mol. The normalized spacial score (nSPS) is 23.4. The van der Waals surface area contributed by atoms with E-state index in [9.17, 15) is 14.7 Å². The number of methoxy groups -OCH3 is 1. The molecule has 0 spiro atoms. The van der Waals surface area contributed by atoms with Crippen molar-refractivity contribution in [1.82, 2.24) is 19.8 Å². The van der Waals surface area contributed by atoms with Crippen LogP contribution in [0, 0.1) is 11.8 Å². The van der Waals surface area contributed by atoms with Crippen molar-refractivity contribution < 1.29 is 14.6 Å². The highest BCUT2D eigenvalue weighted by atomic mass is 16.5. The van der Waals surface area contributed by atoms with Gasteiger partial charge in [0.1, 0.15) is 5.75 Å². The summed E-state index contributed by atoms with van der Waals surface area (Å²) in [4.78, 5) is 33.4. The number of hydrogen-bond donors (Lipinski definition) is 2. The van der Waals surface area contributed by atoms with Crippen LogP contribution in [0.2, 0.25) is 0 Å². The molecule has 2 bridgehead atoms. The van der Waals surface area contributed by atoms with Gasteiger partial charge in [-0.1, -0.05) is 24.3 Å². The summed E-state index contributed by atoms with van der Waals surface area (Å²) in [6, 6.07) is 16.3. The molecule has 0 aliphatic carbocycles. The second kappa shape index (κ2) is 9.04. The Morgan fingerprint density at radius 1 is 1.15 bits per heavy atom. The van der Waals surface area contributed by atoms with E-state index < -0.39 is 5.92 Å². The molecule has 5 rings (SSSR count). The average Bonchev–Trinajstić information content (AvgIpc) is 3.05. The first-order chi connectivity index (χ1) is 16.5. The molecule has 8 nitrogen and oxygen atoms in total. The van der Waals surface area contributed by atoms with Gasteiger partial charge in [0.25, 0.3) is 5.56 Å². The van der Waals surface area contributed by atoms with Crippen LogP contribution in [0.3, 0.4) is 0 Å². The second-order valence-electron chi connectivity index (χ2n) is 8.88. The highest BCUT2D eigenvalue weighted by Gasteiger charge is 2.54. The predicted octanol–water partition coefficient (Wildman–Crippen LogP) is 1.83. The first kappa shape index (κ1) is 22.3. The van der Waals surface area contributed by atoms with E-state index in [1.807, 2.05) is 61.6 Å². The minimum absolute atomic E-state index is 0.115. The lowest BCUT2D eigenvalue weighted by atomic mass is 9.86. The zero-order chi connectivity index (χ0) is 23.8. The number of nitrogens with one attached hydrogen (secondary N) is 1. The van der Waals surface area contributed by atoms with Crippen molar-refractivity contribution in [2.75, 3.05) is 20.8 Å². The molecule has 2 aliphatic heterocycles. The molecule has 0 unspecified atom stereocenters. The van der Waals surface area contributed by atoms with Gasteiger partial charge in [-0.3, -0.25) is 19.5 Å². The molecular formula is C26H28N4O4. The lowest BCUT2D eigenvalue weighted by Crippen LogP contribution is -2.44. The first-order valence-corrected chi connectivity index (χ1v) is 11.4. The molecule has 2 aliphatic rings. The number of aliphatic hydroxyl groups excluding tert-OH is 1. The molecule has 0 saturated carbocycles. The van der Waals surface area contributed by atoms with Gasteiger partial charge in [0, 0.05) is 42.6 Å². The fourth-order valence-corrected chi connectivity index (χ4v) is 5.56. The standard InChI is InChI=1S/C26H28N4O4/c1-29-21-14-30-20(11-10-18(26(30)33)17-8-3-4-9-22(17)34-2)24(29)23(19(21)15-31)25(32)28-13-16-7-5-6-12-27-16/h3-12,19,21,23-24,31H,13-15H2,1-2H3,(H,28,32)/t19-,21-,23+,24+/m1/s1. The summed E-state index contributed by atoms with van der Waals surface area (Å²) in [6.45, 7) is 0.601. The number of aromatic nitrogens is 2. The third-order valence-electron chi connectivity index (χ3n) is 7.22. The maximum Gasteiger partial charge on any atom is 0.258 e. The number of hydrogen-bond acceptors (Lipinski definition) is 6. The maximum absolute atomic E-state index is 13.6. The number of ether oxygens (including phenoxy) is 1. The zero-order valence-electron chi connectivity index (χ0n) is 19.2. The summed E-state index contributed by atoms with van der Waals surface area (Å²) in [5.41, 5.74) is 2.73. The topological polar surface area (TPSA) is 96.7 Å². The van der Waals surface area contributed by atoms with Crippen molar-refractivity contribution >= 4 is 5.91 Å². The third kappa shape index (κ3) is 3.59. The minimum Gasteiger partial charge on any atom is -0.496 e. The Bertz CT molecular complexity index is 1260. The lowest BCUT2D eigenvalue weighted by molar-refractivity contribution is -0.127. The van der Waals surface area contributed by atoms with E-state index in [-0.39, 0.29) is 36.1 Å². The summed E-state index contributed by atoms with van der Waals surface area (Å²) in [5.74, 6) is -0.267. The summed E-state index contributed by atoms with van der Waals surface area (Å²) in [7, 11) is 3.55. The van der Waals surface area contributed by atoms with E-state index >= 15 is 0 Å². The first-order valence-electron chi connectivity index (χ1n) is 11.4. The van der Waals surface area contributed by atoms with Gasteiger partial charge in [0.15, 0.2) is 0 Å². The van der Waals surface area contributed by atoms with E-state index in [0.717, 1.165) is 17.0 Å². The Balaban J connectivity index is 1.51. The van der Waals surface area contributed by atoms with Crippen molar-refractivity contribution in [3.8, 4) is 16.9 Å². The van der Waals surface area contributed by atoms with Gasteiger partial charge in [-0.25, -0.2) is 0 Å². The molecule has 176 valence electrons. The summed E-state index contributed by atoms with van der Waals surface area (Å²) >= 11 is 0. The van der Waals surface area contributed by atoms with Crippen LogP contribution in [-0.2, 0) is 17.9 Å². The van der Waals surface area contributed by atoms with Crippen molar-refractivity contribution in [2.24, 2.45) is 11.8 Å². The highest BCUT2D eigenvalue weighted by Crippen LogP contribution is 2.47. The quantitative estimate of drug-likeness (QED) is 0.583. The largest absolute Gasteiger partial charge is 0.496 e. The van der Waals surface area contributed by atoms with Gasteiger partial charge in [-0.15, -0.1) is 0 Å². The maximum atomic E-state index is 13.6. The Morgan fingerprint density at radius 3 is 2.68 bits per heavy atom. The van der Waals surface area contributed by atoms with Crippen molar-refractivity contribution in [3.05, 3.63) is 82.5 Å². The van der Waals surface area contributed by atoms with E-state index in [2.05, 4.69) is 15.2 Å². The van der Waals surface area contributed by atoms with Crippen LogP contribution in [0.1, 0.15) is 17.4 Å². The van der Waals surface area contributed by atoms with E-state index in [0.29, 0.717) is 24.4 Å². The van der Waals surface area contributed by atoms with Gasteiger partial charge in [-0.05, 0) is 37.4 Å². The monoisotopic (exact) mass is 460 g/mol. The van der Waals surface area contributed by atoms with Gasteiger partial charge in [0.05, 0.1) is 36.9 Å². The van der Waals surface area contributed by atoms with E-state index in [1.165, 1.54) is 0 Å². The number of likely N-dealkylation sites (N-methyl/N-ethyl adjacent to an activating group) is 1. The van der Waals surface area contributed by atoms with Gasteiger partial charge >= 0.3 is 0 Å². The minimum atomic E-state index is -0.478. The molecule has 8 heteroatoms. The van der Waals surface area contributed by atoms with Crippen LogP contribution >= 0.6 is 0 Å². The number of amides is 1. The van der Waals surface area contributed by atoms with Crippen LogP contribution < -0.4 is 15.6 Å². The molecule has 0 radical (unpaired) electrons. The highest BCUT2D eigenvalue weighted by molar-refractivity contribution is 5.80. The fraction of sp³-hybridized carbons (Fsp3) is 0.346. The number of pyridine rings is 2. The van der Waals surface area contributed by atoms with Gasteiger partial charge < -0.3 is 19.7 Å². The van der Waals surface area contributed by atoms with Crippen molar-refractivity contribution in [3.63, 3.8) is 0 Å². The molecule has 1 aromatic carbocycles. The molecule has 2 aromatic heterocycles. The number of benzene rings is 1. The van der Waals surface area contributed by atoms with E-state index in [4.69, 9.17) is 4.74 Å². The Hall–Kier alpha value is -3.49. The molecule has 1 fully saturated rings. The van der Waals surface area contributed by atoms with Crippen LogP contribution in [0.5, 0.6) is 5.75 Å². The van der Waals surface area contributed by atoms with Crippen LogP contribution in [0.4, 0.5) is 0 Å². The molecule has 1 saturated heterocycles. The summed E-state index contributed by atoms with van der Waals surface area (Å²) in [5, 5.41) is 13.3. The third-order valence-corrected chi connectivity index (χ3v) is 7.22. The van der Waals surface area contributed by atoms with Gasteiger partial charge in [0.2, 0.25) is 5.91 Å². The molecule has 3 aromatic rings. The smallest absolute Gasteiger partial charge is 0.258 e. The number of para-hydroxylation sites is 1. The summed E-state index contributed by atoms with van der Waals surface area (Å²) in [6.07, 6.45) is 1.69. The van der Waals surface area contributed by atoms with Gasteiger partial charge in [-0.2, -0.15) is 0 Å². The van der Waals surface area contributed by atoms with E-state index in [1.54, 1.807) is 17.9 Å². The Kier molecular flexibility index (Phi) is 5.93. The zero-order valence-corrected chi connectivity index (χ0v) is 19.2. The van der Waals surface area contributed by atoms with Crippen LogP contribution in [0.15, 0.2) is 65.6 Å². The Morgan fingerprint density at radius 2 is 1.94 bits per heavy atom. The fourth-order valence-electron chi connectivity index (χ4n) is 5.56. The number of rotatable bonds is 6. The number of carbonyl (C=O) groups is 1. The number of aliphatic hydroxyl groups is 1. The number of carbonyl (C=O) groups excluding carboxylic acids is 1. The Labute approximate surface area is 197 Å². The summed E-state index contributed by atoms with van der Waals surface area (Å²) < 4.78 is 7.24. The lowest BCUT2D eigenvalue weighted by Gasteiger charge is -2.35. The van der Waals surface area contributed by atoms with Crippen molar-refractivity contribution in [1.29, 1.82) is 0 Å². The predicted molar refractivity (Wildman–Crippen MR) is 127 cm³/mol. The molecule has 4 heterocycles. The number of fused-ring (bicyclic) bond motifs is 4. The molecule has 4 atom stereocenters. The number of nitrogens with zero attached hydrogens (tertiary/aromatic N) is 3. The molecule has 1 amide bonds. The molecule has 2 N–H and O–H groups in total. The average molecular weight is 461 g/mol. The van der Waals surface area contributed by atoms with Crippen LogP contribution in [-0.4, -0.2) is 52.3 Å².